The number of rotatable bonds is 4. The summed E-state index contributed by atoms with van der Waals surface area (Å²) in [6.45, 7) is 5.49. The average molecular weight is 321 g/mol. The smallest absolute Gasteiger partial charge is 0.407 e. The number of ether oxygens (including phenoxy) is 3. The fourth-order valence-corrected chi connectivity index (χ4v) is 2.23. The zero-order chi connectivity index (χ0) is 17.0. The van der Waals surface area contributed by atoms with Crippen LogP contribution in [-0.4, -0.2) is 36.9 Å². The Balaban J connectivity index is 1.74. The summed E-state index contributed by atoms with van der Waals surface area (Å²) < 4.78 is 15.6. The number of esters is 1. The number of hydrogen-bond donors (Lipinski definition) is 1. The van der Waals surface area contributed by atoms with E-state index in [-0.39, 0.29) is 18.1 Å². The van der Waals surface area contributed by atoms with Crippen molar-refractivity contribution in [3.8, 4) is 5.75 Å². The van der Waals surface area contributed by atoms with E-state index in [2.05, 4.69) is 10.1 Å². The van der Waals surface area contributed by atoms with Gasteiger partial charge >= 0.3 is 12.1 Å². The molecule has 0 saturated heterocycles. The summed E-state index contributed by atoms with van der Waals surface area (Å²) in [7, 11) is 1.35. The van der Waals surface area contributed by atoms with Crippen LogP contribution in [0.1, 0.15) is 44.0 Å². The maximum Gasteiger partial charge on any atom is 0.407 e. The molecule has 1 aliphatic carbocycles. The molecule has 6 nitrogen and oxygen atoms in total. The third-order valence-corrected chi connectivity index (χ3v) is 3.39. The van der Waals surface area contributed by atoms with Crippen LogP contribution in [0.15, 0.2) is 24.3 Å². The minimum absolute atomic E-state index is 0.0545. The normalized spacial score (nSPS) is 20.2. The predicted octanol–water partition coefficient (Wildman–Crippen LogP) is 2.91. The molecule has 1 aromatic carbocycles. The van der Waals surface area contributed by atoms with Crippen molar-refractivity contribution < 1.29 is 23.8 Å². The first kappa shape index (κ1) is 17.1. The lowest BCUT2D eigenvalue weighted by atomic mass is 9.89. The second kappa shape index (κ2) is 6.89. The Morgan fingerprint density at radius 1 is 1.13 bits per heavy atom. The van der Waals surface area contributed by atoms with Crippen molar-refractivity contribution in [3.05, 3.63) is 29.8 Å². The molecule has 126 valence electrons. The molecule has 1 aliphatic rings. The van der Waals surface area contributed by atoms with Gasteiger partial charge in [0, 0.05) is 18.9 Å². The van der Waals surface area contributed by atoms with Crippen LogP contribution in [0.25, 0.3) is 0 Å². The maximum absolute atomic E-state index is 11.6. The fraction of sp³-hybridized carbons (Fsp3) is 0.529. The van der Waals surface area contributed by atoms with Gasteiger partial charge in [-0.3, -0.25) is 0 Å². The zero-order valence-electron chi connectivity index (χ0n) is 13.9. The van der Waals surface area contributed by atoms with Gasteiger partial charge in [0.25, 0.3) is 0 Å². The highest BCUT2D eigenvalue weighted by molar-refractivity contribution is 5.89. The first-order valence-corrected chi connectivity index (χ1v) is 7.61. The predicted molar refractivity (Wildman–Crippen MR) is 84.6 cm³/mol. The van der Waals surface area contributed by atoms with E-state index in [1.165, 1.54) is 7.11 Å². The van der Waals surface area contributed by atoms with Gasteiger partial charge in [0.15, 0.2) is 0 Å². The summed E-state index contributed by atoms with van der Waals surface area (Å²) in [5.74, 6) is 0.320. The molecule has 1 fully saturated rings. The molecule has 0 unspecified atom stereocenters. The highest BCUT2D eigenvalue weighted by Crippen LogP contribution is 2.26. The van der Waals surface area contributed by atoms with E-state index in [9.17, 15) is 9.59 Å². The van der Waals surface area contributed by atoms with Crippen molar-refractivity contribution in [1.82, 2.24) is 5.32 Å². The molecule has 0 aromatic heterocycles. The highest BCUT2D eigenvalue weighted by atomic mass is 16.6. The summed E-state index contributed by atoms with van der Waals surface area (Å²) in [6, 6.07) is 6.87. The summed E-state index contributed by atoms with van der Waals surface area (Å²) in [5.41, 5.74) is -0.0107. The largest absolute Gasteiger partial charge is 0.490 e. The first-order valence-electron chi connectivity index (χ1n) is 7.61. The van der Waals surface area contributed by atoms with Gasteiger partial charge in [0.2, 0.25) is 0 Å². The first-order chi connectivity index (χ1) is 10.8. The van der Waals surface area contributed by atoms with E-state index in [0.29, 0.717) is 11.3 Å². The number of nitrogens with one attached hydrogen (secondary N) is 1. The number of carbonyl (C=O) groups is 2. The summed E-state index contributed by atoms with van der Waals surface area (Å²) in [6.07, 6.45) is 1.12. The van der Waals surface area contributed by atoms with Gasteiger partial charge in [0.05, 0.1) is 12.7 Å². The molecule has 1 amide bonds. The summed E-state index contributed by atoms with van der Waals surface area (Å²) >= 11 is 0. The van der Waals surface area contributed by atoms with Crippen LogP contribution in [0, 0.1) is 0 Å². The van der Waals surface area contributed by atoms with Gasteiger partial charge in [-0.15, -0.1) is 0 Å². The number of hydrogen-bond acceptors (Lipinski definition) is 5. The topological polar surface area (TPSA) is 73.9 Å². The van der Waals surface area contributed by atoms with Gasteiger partial charge in [-0.2, -0.15) is 0 Å². The van der Waals surface area contributed by atoms with E-state index >= 15 is 0 Å². The van der Waals surface area contributed by atoms with E-state index in [1.807, 2.05) is 20.8 Å². The van der Waals surface area contributed by atoms with Crippen LogP contribution >= 0.6 is 0 Å². The Kier molecular flexibility index (Phi) is 5.13. The van der Waals surface area contributed by atoms with Gasteiger partial charge in [0.1, 0.15) is 17.5 Å². The molecule has 0 atom stereocenters. The van der Waals surface area contributed by atoms with Crippen LogP contribution in [0.5, 0.6) is 5.75 Å². The Morgan fingerprint density at radius 2 is 1.74 bits per heavy atom. The lowest BCUT2D eigenvalue weighted by Crippen LogP contribution is -2.50. The third kappa shape index (κ3) is 5.16. The van der Waals surface area contributed by atoms with Crippen molar-refractivity contribution >= 4 is 12.1 Å². The van der Waals surface area contributed by atoms with Crippen molar-refractivity contribution in [2.24, 2.45) is 0 Å². The summed E-state index contributed by atoms with van der Waals surface area (Å²) in [4.78, 5) is 23.0. The Morgan fingerprint density at radius 3 is 2.26 bits per heavy atom. The van der Waals surface area contributed by atoms with E-state index in [0.717, 1.165) is 12.8 Å². The minimum atomic E-state index is -0.495. The molecule has 0 spiro atoms. The van der Waals surface area contributed by atoms with E-state index < -0.39 is 11.7 Å². The van der Waals surface area contributed by atoms with E-state index in [1.54, 1.807) is 24.3 Å². The number of methoxy groups -OCH3 is 1. The molecule has 1 N–H and O–H groups in total. The van der Waals surface area contributed by atoms with Crippen LogP contribution in [-0.2, 0) is 9.47 Å². The number of carbonyl (C=O) groups excluding carboxylic acids is 2. The standard InChI is InChI=1S/C17H23NO5/c1-17(2,3)23-16(20)18-12-9-14(10-12)22-13-7-5-11(6-8-13)15(19)21-4/h5-8,12,14H,9-10H2,1-4H3,(H,18,20)/t12-,14-. The number of benzene rings is 1. The van der Waals surface area contributed by atoms with Crippen LogP contribution < -0.4 is 10.1 Å². The molecule has 0 radical (unpaired) electrons. The molecule has 0 aliphatic heterocycles. The Labute approximate surface area is 136 Å². The molecule has 2 rings (SSSR count). The minimum Gasteiger partial charge on any atom is -0.490 e. The van der Waals surface area contributed by atoms with E-state index in [4.69, 9.17) is 9.47 Å². The van der Waals surface area contributed by atoms with Crippen LogP contribution in [0.2, 0.25) is 0 Å². The maximum atomic E-state index is 11.6. The van der Waals surface area contributed by atoms with Crippen molar-refractivity contribution in [2.45, 2.75) is 51.4 Å². The van der Waals surface area contributed by atoms with Gasteiger partial charge in [-0.25, -0.2) is 9.59 Å². The van der Waals surface area contributed by atoms with Crippen molar-refractivity contribution in [1.29, 1.82) is 0 Å². The van der Waals surface area contributed by atoms with Crippen LogP contribution in [0.3, 0.4) is 0 Å². The van der Waals surface area contributed by atoms with Crippen LogP contribution in [0.4, 0.5) is 4.79 Å². The van der Waals surface area contributed by atoms with Gasteiger partial charge in [-0.05, 0) is 45.0 Å². The molecule has 0 heterocycles. The van der Waals surface area contributed by atoms with Crippen molar-refractivity contribution in [2.75, 3.05) is 7.11 Å². The number of alkyl carbamates (subject to hydrolysis) is 1. The molecule has 1 saturated carbocycles. The lowest BCUT2D eigenvalue weighted by molar-refractivity contribution is 0.0362. The Bertz CT molecular complexity index is 555. The molecule has 6 heteroatoms. The Hall–Kier alpha value is -2.24. The lowest BCUT2D eigenvalue weighted by Gasteiger charge is -2.36. The quantitative estimate of drug-likeness (QED) is 0.863. The molecule has 1 aromatic rings. The van der Waals surface area contributed by atoms with Gasteiger partial charge in [-0.1, -0.05) is 0 Å². The third-order valence-electron chi connectivity index (χ3n) is 3.39. The SMILES string of the molecule is COC(=O)c1ccc(O[C@H]2C[C@H](NC(=O)OC(C)(C)C)C2)cc1. The second-order valence-electron chi connectivity index (χ2n) is 6.57. The zero-order valence-corrected chi connectivity index (χ0v) is 13.9. The molecule has 23 heavy (non-hydrogen) atoms. The fourth-order valence-electron chi connectivity index (χ4n) is 2.23. The number of amides is 1. The molecular weight excluding hydrogens is 298 g/mol. The molecular formula is C17H23NO5. The average Bonchev–Trinajstić information content (AvgIpc) is 2.43. The summed E-state index contributed by atoms with van der Waals surface area (Å²) in [5, 5.41) is 2.82. The highest BCUT2D eigenvalue weighted by Gasteiger charge is 2.33. The van der Waals surface area contributed by atoms with Gasteiger partial charge < -0.3 is 19.5 Å². The molecule has 0 bridgehead atoms. The second-order valence-corrected chi connectivity index (χ2v) is 6.57. The van der Waals surface area contributed by atoms with Crippen molar-refractivity contribution in [3.63, 3.8) is 0 Å². The monoisotopic (exact) mass is 321 g/mol.